The van der Waals surface area contributed by atoms with Gasteiger partial charge in [-0.2, -0.15) is 0 Å². The summed E-state index contributed by atoms with van der Waals surface area (Å²) in [6, 6.07) is 53.7. The second-order valence-corrected chi connectivity index (χ2v) is 15.8. The first-order valence-corrected chi connectivity index (χ1v) is 19.0. The predicted octanol–water partition coefficient (Wildman–Crippen LogP) is 12.8. The number of aromatic nitrogens is 4. The van der Waals surface area contributed by atoms with Crippen molar-refractivity contribution in [2.24, 2.45) is 0 Å². The van der Waals surface area contributed by atoms with Crippen LogP contribution in [0.2, 0.25) is 0 Å². The predicted molar refractivity (Wildman–Crippen MR) is 224 cm³/mol. The fourth-order valence-electron chi connectivity index (χ4n) is 9.20. The summed E-state index contributed by atoms with van der Waals surface area (Å²) in [4.78, 5) is 10.4. The molecule has 0 amide bonds. The zero-order valence-corrected chi connectivity index (χ0v) is 31.2. The Morgan fingerprint density at radius 2 is 1.20 bits per heavy atom. The van der Waals surface area contributed by atoms with Crippen molar-refractivity contribution in [1.82, 2.24) is 19.1 Å². The van der Waals surface area contributed by atoms with Gasteiger partial charge < -0.3 is 9.30 Å². The second kappa shape index (κ2) is 11.4. The van der Waals surface area contributed by atoms with E-state index in [0.717, 1.165) is 56.4 Å². The van der Waals surface area contributed by atoms with Gasteiger partial charge in [0.15, 0.2) is 0 Å². The third kappa shape index (κ3) is 4.41. The Balaban J connectivity index is 1.11. The number of fused-ring (bicyclic) bond motifs is 8. The molecule has 6 aromatic carbocycles. The molecule has 3 aromatic heterocycles. The fraction of sp³-hybridized carbons (Fsp3) is 0.120. The number of imidazole rings is 1. The van der Waals surface area contributed by atoms with Gasteiger partial charge in [0, 0.05) is 45.1 Å². The first kappa shape index (κ1) is 31.8. The average molecular weight is 711 g/mol. The molecule has 11 rings (SSSR count). The van der Waals surface area contributed by atoms with Gasteiger partial charge in [0.05, 0.1) is 28.0 Å². The highest BCUT2D eigenvalue weighted by Crippen LogP contribution is 2.58. The summed E-state index contributed by atoms with van der Waals surface area (Å²) >= 11 is 0. The summed E-state index contributed by atoms with van der Waals surface area (Å²) in [6.07, 6.45) is 1.84. The van der Waals surface area contributed by atoms with Crippen molar-refractivity contribution in [3.05, 3.63) is 163 Å². The largest absolute Gasteiger partial charge is 0.457 e. The normalized spacial score (nSPS) is 14.5. The van der Waals surface area contributed by atoms with E-state index in [1.807, 2.05) is 30.5 Å². The Morgan fingerprint density at radius 3 is 2.00 bits per heavy atom. The molecule has 0 atom stereocenters. The molecule has 0 N–H and O–H groups in total. The molecular weight excluding hydrogens is 673 g/mol. The van der Waals surface area contributed by atoms with E-state index in [9.17, 15) is 0 Å². The lowest BCUT2D eigenvalue weighted by molar-refractivity contribution is 0.199. The van der Waals surface area contributed by atoms with Crippen LogP contribution >= 0.6 is 0 Å². The van der Waals surface area contributed by atoms with Crippen LogP contribution in [-0.2, 0) is 11.0 Å². The second-order valence-electron chi connectivity index (χ2n) is 15.8. The molecule has 5 heteroatoms. The standard InChI is InChI=1S/C50H38N4O/c1-49(2)41-23-14-22-39-35-18-6-5-17-34(35)36-19-7-8-21-40(36)46-47(45(39)41)54(50(49,3)4)48(52-46)31-15-13-16-32(29-31)55-33-26-27-38-37-20-9-10-24-42(37)53(43(38)30-33)44-25-11-12-28-51-44/h5-30H,1-4H3. The van der Waals surface area contributed by atoms with Crippen molar-refractivity contribution >= 4 is 21.8 Å². The van der Waals surface area contributed by atoms with Gasteiger partial charge >= 0.3 is 0 Å². The highest BCUT2D eigenvalue weighted by atomic mass is 16.5. The highest BCUT2D eigenvalue weighted by Gasteiger charge is 2.49. The van der Waals surface area contributed by atoms with Crippen LogP contribution in [0.4, 0.5) is 0 Å². The number of ether oxygens (including phenoxy) is 1. The lowest BCUT2D eigenvalue weighted by atomic mass is 9.64. The molecule has 0 radical (unpaired) electrons. The van der Waals surface area contributed by atoms with Gasteiger partial charge in [-0.3, -0.25) is 4.57 Å². The smallest absolute Gasteiger partial charge is 0.141 e. The molecule has 0 fully saturated rings. The molecule has 2 aliphatic rings. The fourth-order valence-corrected chi connectivity index (χ4v) is 9.20. The molecule has 55 heavy (non-hydrogen) atoms. The van der Waals surface area contributed by atoms with Crippen LogP contribution in [0.25, 0.3) is 83.8 Å². The van der Waals surface area contributed by atoms with E-state index in [1.54, 1.807) is 0 Å². The van der Waals surface area contributed by atoms with Crippen molar-refractivity contribution in [3.63, 3.8) is 0 Å². The molecule has 0 unspecified atom stereocenters. The maximum absolute atomic E-state index is 6.74. The first-order chi connectivity index (χ1) is 26.8. The SMILES string of the molecule is CC1(C)c2cccc3c2-c2c(nc(-c4cccc(Oc5ccc6c7ccccc7n(-c7ccccn7)c6c5)c4)n2C1(C)C)-c1ccccc1-c1ccccc1-3. The number of pyridine rings is 1. The maximum atomic E-state index is 6.74. The van der Waals surface area contributed by atoms with E-state index in [2.05, 4.69) is 164 Å². The van der Waals surface area contributed by atoms with E-state index < -0.39 is 0 Å². The van der Waals surface area contributed by atoms with Crippen molar-refractivity contribution < 1.29 is 4.74 Å². The van der Waals surface area contributed by atoms with Gasteiger partial charge in [-0.05, 0) is 84.1 Å². The summed E-state index contributed by atoms with van der Waals surface area (Å²) in [5.41, 5.74) is 13.5. The van der Waals surface area contributed by atoms with Crippen LogP contribution in [-0.4, -0.2) is 19.1 Å². The number of hydrogen-bond donors (Lipinski definition) is 0. The van der Waals surface area contributed by atoms with Gasteiger partial charge in [0.25, 0.3) is 0 Å². The summed E-state index contributed by atoms with van der Waals surface area (Å²) < 4.78 is 11.5. The Labute approximate surface area is 320 Å². The van der Waals surface area contributed by atoms with Crippen molar-refractivity contribution in [2.45, 2.75) is 38.6 Å². The van der Waals surface area contributed by atoms with Crippen LogP contribution in [0.3, 0.4) is 0 Å². The molecule has 0 spiro atoms. The molecule has 0 saturated heterocycles. The van der Waals surface area contributed by atoms with E-state index in [4.69, 9.17) is 14.7 Å². The number of benzene rings is 6. The van der Waals surface area contributed by atoms with Crippen LogP contribution in [0, 0.1) is 0 Å². The highest BCUT2D eigenvalue weighted by molar-refractivity contribution is 6.09. The summed E-state index contributed by atoms with van der Waals surface area (Å²) in [6.45, 7) is 9.49. The zero-order valence-electron chi connectivity index (χ0n) is 31.2. The number of nitrogens with zero attached hydrogens (tertiary/aromatic N) is 4. The molecule has 5 nitrogen and oxygen atoms in total. The summed E-state index contributed by atoms with van der Waals surface area (Å²) in [5, 5.41) is 2.34. The lowest BCUT2D eigenvalue weighted by Crippen LogP contribution is -2.48. The van der Waals surface area contributed by atoms with E-state index >= 15 is 0 Å². The monoisotopic (exact) mass is 710 g/mol. The Bertz CT molecular complexity index is 3020. The molecule has 0 bridgehead atoms. The van der Waals surface area contributed by atoms with Gasteiger partial charge in [-0.25, -0.2) is 9.97 Å². The lowest BCUT2D eigenvalue weighted by Gasteiger charge is -2.50. The summed E-state index contributed by atoms with van der Waals surface area (Å²) in [7, 11) is 0. The minimum atomic E-state index is -0.330. The molecule has 0 saturated carbocycles. The molecular formula is C50H38N4O. The third-order valence-corrected chi connectivity index (χ3v) is 12.5. The average Bonchev–Trinajstić information content (AvgIpc) is 3.77. The van der Waals surface area contributed by atoms with Crippen LogP contribution in [0.5, 0.6) is 11.5 Å². The van der Waals surface area contributed by atoms with Gasteiger partial charge in [-0.15, -0.1) is 0 Å². The molecule has 1 aliphatic carbocycles. The van der Waals surface area contributed by atoms with Crippen molar-refractivity contribution in [1.29, 1.82) is 0 Å². The zero-order chi connectivity index (χ0) is 37.1. The van der Waals surface area contributed by atoms with E-state index in [0.29, 0.717) is 0 Å². The third-order valence-electron chi connectivity index (χ3n) is 12.5. The van der Waals surface area contributed by atoms with E-state index in [1.165, 1.54) is 44.5 Å². The summed E-state index contributed by atoms with van der Waals surface area (Å²) in [5.74, 6) is 3.31. The van der Waals surface area contributed by atoms with E-state index in [-0.39, 0.29) is 11.0 Å². The topological polar surface area (TPSA) is 44.9 Å². The number of para-hydroxylation sites is 1. The molecule has 1 aliphatic heterocycles. The Hall–Kier alpha value is -6.72. The Kier molecular flexibility index (Phi) is 6.58. The number of rotatable bonds is 4. The maximum Gasteiger partial charge on any atom is 0.141 e. The molecule has 9 aromatic rings. The minimum absolute atomic E-state index is 0.221. The van der Waals surface area contributed by atoms with Crippen LogP contribution in [0.1, 0.15) is 33.3 Å². The van der Waals surface area contributed by atoms with Crippen LogP contribution in [0.15, 0.2) is 158 Å². The quantitative estimate of drug-likeness (QED) is 0.183. The first-order valence-electron chi connectivity index (χ1n) is 19.0. The van der Waals surface area contributed by atoms with Gasteiger partial charge in [-0.1, -0.05) is 117 Å². The van der Waals surface area contributed by atoms with Crippen molar-refractivity contribution in [3.8, 4) is 73.5 Å². The minimum Gasteiger partial charge on any atom is -0.457 e. The van der Waals surface area contributed by atoms with Gasteiger partial charge in [0.2, 0.25) is 0 Å². The van der Waals surface area contributed by atoms with Gasteiger partial charge in [0.1, 0.15) is 23.1 Å². The number of hydrogen-bond acceptors (Lipinski definition) is 3. The molecule has 4 heterocycles. The van der Waals surface area contributed by atoms with Crippen molar-refractivity contribution in [2.75, 3.05) is 0 Å². The van der Waals surface area contributed by atoms with Crippen LogP contribution < -0.4 is 4.74 Å². The molecule has 264 valence electrons. The Morgan fingerprint density at radius 1 is 0.545 bits per heavy atom.